The molecule has 4 aliphatic rings. The summed E-state index contributed by atoms with van der Waals surface area (Å²) in [6, 6.07) is 0. The summed E-state index contributed by atoms with van der Waals surface area (Å²) in [5, 5.41) is 8.39. The van der Waals surface area contributed by atoms with E-state index in [1.807, 2.05) is 0 Å². The number of hydrogen-bond acceptors (Lipinski definition) is 2. The molecule has 1 N–H and O–H groups in total. The highest BCUT2D eigenvalue weighted by Gasteiger charge is 3.23. The van der Waals surface area contributed by atoms with Gasteiger partial charge in [0.15, 0.2) is 0 Å². The summed E-state index contributed by atoms with van der Waals surface area (Å²) in [4.78, 5) is 0. The first-order valence-corrected chi connectivity index (χ1v) is 7.14. The van der Waals surface area contributed by atoms with Crippen molar-refractivity contribution in [2.24, 2.45) is 0 Å². The van der Waals surface area contributed by atoms with Gasteiger partial charge in [0.1, 0.15) is 0 Å². The van der Waals surface area contributed by atoms with Gasteiger partial charge in [-0.1, -0.05) is 0 Å². The molecule has 0 amide bonds. The Bertz CT molecular complexity index is 647. The molecule has 0 heterocycles. The maximum atomic E-state index is 14.5. The Morgan fingerprint density at radius 1 is 0.448 bits per heavy atom. The first-order chi connectivity index (χ1) is 12.6. The molecule has 0 saturated heterocycles. The van der Waals surface area contributed by atoms with Gasteiger partial charge in [0, 0.05) is 0 Å². The summed E-state index contributed by atoms with van der Waals surface area (Å²) in [5.41, 5.74) is -29.9. The van der Waals surface area contributed by atoms with Crippen LogP contribution in [0, 0.1) is 0 Å². The molecule has 0 aromatic heterocycles. The van der Waals surface area contributed by atoms with Crippen LogP contribution in [0.3, 0.4) is 0 Å². The fourth-order valence-corrected chi connectivity index (χ4v) is 4.28. The van der Waals surface area contributed by atoms with E-state index in [1.165, 1.54) is 0 Å². The highest BCUT2D eigenvalue weighted by molar-refractivity contribution is 5.54. The Morgan fingerprint density at radius 2 is 0.690 bits per heavy atom. The quantitative estimate of drug-likeness (QED) is 0.644. The molecule has 0 unspecified atom stereocenters. The average molecular weight is 466 g/mol. The lowest BCUT2D eigenvalue weighted by Gasteiger charge is -2.74. The molecule has 170 valence electrons. The number of aliphatic hydroxyl groups excluding tert-OH is 1. The molecule has 17 heteroatoms. The second-order valence-electron chi connectivity index (χ2n) is 6.68. The number of rotatable bonds is 3. The fraction of sp³-hybridized carbons (Fsp3) is 1.00. The zero-order chi connectivity index (χ0) is 23.1. The zero-order valence-electron chi connectivity index (χ0n) is 12.9. The normalized spacial score (nSPS) is 49.2. The minimum Gasteiger partial charge on any atom is -0.394 e. The van der Waals surface area contributed by atoms with Gasteiger partial charge in [-0.05, 0) is 0 Å². The molecular weight excluding hydrogens is 461 g/mol. The summed E-state index contributed by atoms with van der Waals surface area (Å²) < 4.78 is 217. The van der Waals surface area contributed by atoms with Crippen molar-refractivity contribution in [1.82, 2.24) is 0 Å². The van der Waals surface area contributed by atoms with Gasteiger partial charge in [0.05, 0.1) is 13.2 Å². The van der Waals surface area contributed by atoms with Crippen molar-refractivity contribution in [1.29, 1.82) is 0 Å². The van der Waals surface area contributed by atoms with E-state index < -0.39 is 71.4 Å². The fourth-order valence-electron chi connectivity index (χ4n) is 4.28. The number of hydrogen-bond donors (Lipinski definition) is 1. The second kappa shape index (κ2) is 4.70. The third-order valence-electron chi connectivity index (χ3n) is 5.63. The second-order valence-corrected chi connectivity index (χ2v) is 6.68. The molecule has 2 nitrogen and oxygen atoms in total. The van der Waals surface area contributed by atoms with Gasteiger partial charge in [0.25, 0.3) is 5.60 Å². The smallest absolute Gasteiger partial charge is 0.339 e. The van der Waals surface area contributed by atoms with Gasteiger partial charge >= 0.3 is 52.5 Å². The Kier molecular flexibility index (Phi) is 3.65. The molecule has 4 fully saturated rings. The van der Waals surface area contributed by atoms with Crippen LogP contribution in [0.25, 0.3) is 0 Å². The molecule has 0 radical (unpaired) electrons. The molecule has 0 aliphatic heterocycles. The average Bonchev–Trinajstić information content (AvgIpc) is 2.55. The van der Waals surface area contributed by atoms with Crippen LogP contribution < -0.4 is 0 Å². The molecule has 0 aromatic carbocycles. The minimum absolute atomic E-state index is 1.86. The van der Waals surface area contributed by atoms with Crippen LogP contribution in [0.2, 0.25) is 0 Å². The first kappa shape index (κ1) is 22.6. The van der Waals surface area contributed by atoms with E-state index in [-0.39, 0.29) is 0 Å². The Hall–Kier alpha value is -1.13. The molecular formula is C12H5F15O2. The van der Waals surface area contributed by atoms with E-state index in [1.54, 1.807) is 0 Å². The van der Waals surface area contributed by atoms with Gasteiger partial charge in [-0.15, -0.1) is 0 Å². The predicted molar refractivity (Wildman–Crippen MR) is 57.0 cm³/mol. The summed E-state index contributed by atoms with van der Waals surface area (Å²) in [6.45, 7) is -4.13. The van der Waals surface area contributed by atoms with Crippen molar-refractivity contribution in [3.8, 4) is 0 Å². The van der Waals surface area contributed by atoms with Crippen molar-refractivity contribution in [3.63, 3.8) is 0 Å². The van der Waals surface area contributed by atoms with Gasteiger partial charge in [-0.3, -0.25) is 0 Å². The van der Waals surface area contributed by atoms with Crippen molar-refractivity contribution in [2.45, 2.75) is 58.1 Å². The molecule has 4 aliphatic carbocycles. The topological polar surface area (TPSA) is 29.5 Å². The number of alkyl halides is 15. The van der Waals surface area contributed by atoms with E-state index in [0.29, 0.717) is 0 Å². The lowest BCUT2D eigenvalue weighted by Crippen LogP contribution is -3.10. The third-order valence-corrected chi connectivity index (χ3v) is 5.63. The molecule has 4 bridgehead atoms. The van der Waals surface area contributed by atoms with Crippen LogP contribution in [-0.4, -0.2) is 76.5 Å². The summed E-state index contributed by atoms with van der Waals surface area (Å²) >= 11 is 0. The number of halogens is 15. The van der Waals surface area contributed by atoms with Crippen LogP contribution in [-0.2, 0) is 4.74 Å². The third kappa shape index (κ3) is 1.33. The highest BCUT2D eigenvalue weighted by Crippen LogP contribution is 2.88. The molecule has 0 spiro atoms. The summed E-state index contributed by atoms with van der Waals surface area (Å²) in [5.74, 6) is -46.2. The van der Waals surface area contributed by atoms with Crippen LogP contribution in [0.4, 0.5) is 65.9 Å². The van der Waals surface area contributed by atoms with Crippen molar-refractivity contribution < 1.29 is 75.7 Å². The Balaban J connectivity index is 2.67. The van der Waals surface area contributed by atoms with E-state index in [0.717, 1.165) is 0 Å². The molecule has 4 rings (SSSR count). The van der Waals surface area contributed by atoms with E-state index in [4.69, 9.17) is 5.11 Å². The van der Waals surface area contributed by atoms with Gasteiger partial charge in [-0.25, -0.2) is 13.2 Å². The maximum Gasteiger partial charge on any atom is 0.339 e. The minimum atomic E-state index is -7.82. The van der Waals surface area contributed by atoms with E-state index in [9.17, 15) is 65.9 Å². The Labute approximate surface area is 148 Å². The standard InChI is InChI=1S/C12H5F15O2/c13-3-7(16,17)4(14)9(20,21)5(15,8(3,18)19)12(26,27)6(10(3,22)23,11(4,24)25)29-2-1-28/h28H,1-2H2. The molecule has 0 atom stereocenters. The molecule has 0 aromatic rings. The van der Waals surface area contributed by atoms with E-state index in [2.05, 4.69) is 4.74 Å². The lowest BCUT2D eigenvalue weighted by molar-refractivity contribution is -0.619. The van der Waals surface area contributed by atoms with Crippen molar-refractivity contribution in [2.75, 3.05) is 13.2 Å². The predicted octanol–water partition coefficient (Wildman–Crippen LogP) is 3.71. The van der Waals surface area contributed by atoms with Crippen molar-refractivity contribution >= 4 is 0 Å². The van der Waals surface area contributed by atoms with Crippen LogP contribution in [0.5, 0.6) is 0 Å². The highest BCUT2D eigenvalue weighted by atomic mass is 19.3. The van der Waals surface area contributed by atoms with Gasteiger partial charge in [-0.2, -0.15) is 52.7 Å². The molecule has 4 saturated carbocycles. The summed E-state index contributed by atoms with van der Waals surface area (Å²) in [7, 11) is 0. The lowest BCUT2D eigenvalue weighted by atomic mass is 9.40. The van der Waals surface area contributed by atoms with Gasteiger partial charge in [0.2, 0.25) is 0 Å². The van der Waals surface area contributed by atoms with E-state index >= 15 is 0 Å². The zero-order valence-corrected chi connectivity index (χ0v) is 12.9. The number of ether oxygens (including phenoxy) is 1. The van der Waals surface area contributed by atoms with Gasteiger partial charge < -0.3 is 9.84 Å². The number of aliphatic hydroxyl groups is 1. The summed E-state index contributed by atoms with van der Waals surface area (Å²) in [6.07, 6.45) is 0. The van der Waals surface area contributed by atoms with Crippen LogP contribution in [0.1, 0.15) is 0 Å². The Morgan fingerprint density at radius 3 is 0.897 bits per heavy atom. The first-order valence-electron chi connectivity index (χ1n) is 7.14. The maximum absolute atomic E-state index is 14.5. The largest absolute Gasteiger partial charge is 0.394 e. The van der Waals surface area contributed by atoms with Crippen LogP contribution in [0.15, 0.2) is 0 Å². The van der Waals surface area contributed by atoms with Crippen molar-refractivity contribution in [3.05, 3.63) is 0 Å². The SMILES string of the molecule is OCCOC12C(F)(F)C3(F)C(F)(F)C(F)(C(F)(F)C(F)(C3(F)F)C1(F)F)C2(F)F. The van der Waals surface area contributed by atoms with Crippen LogP contribution >= 0.6 is 0 Å². The molecule has 29 heavy (non-hydrogen) atoms. The monoisotopic (exact) mass is 466 g/mol.